The number of methoxy groups -OCH3 is 1. The average molecular weight is 647 g/mol. The highest BCUT2D eigenvalue weighted by molar-refractivity contribution is 6.00. The molecule has 2 aliphatic rings. The summed E-state index contributed by atoms with van der Waals surface area (Å²) < 4.78 is 30.7. The van der Waals surface area contributed by atoms with Crippen molar-refractivity contribution in [1.29, 1.82) is 0 Å². The first-order chi connectivity index (χ1) is 21.6. The normalized spacial score (nSPS) is 34.9. The molecule has 1 amide bonds. The number of cyclic esters (lactones) is 1. The lowest BCUT2D eigenvalue weighted by molar-refractivity contribution is -0.294. The average Bonchev–Trinajstić information content (AvgIpc) is 3.02. The highest BCUT2D eigenvalue weighted by Crippen LogP contribution is 2.37. The first-order valence-electron chi connectivity index (χ1n) is 15.7. The summed E-state index contributed by atoms with van der Waals surface area (Å²) in [4.78, 5) is 55.7. The minimum Gasteiger partial charge on any atom is -0.465 e. The van der Waals surface area contributed by atoms with Crippen molar-refractivity contribution < 1.29 is 48.0 Å². The molecule has 256 valence electrons. The lowest BCUT2D eigenvalue weighted by Crippen LogP contribution is -2.60. The smallest absolute Gasteiger partial charge is 0.407 e. The second kappa shape index (κ2) is 16.0. The summed E-state index contributed by atoms with van der Waals surface area (Å²) in [7, 11) is 5.26. The van der Waals surface area contributed by atoms with Gasteiger partial charge < -0.3 is 33.7 Å². The number of amides is 1. The summed E-state index contributed by atoms with van der Waals surface area (Å²) in [6, 6.07) is 7.51. The molecule has 0 aromatic heterocycles. The fraction of sp³-hybridized carbons (Fsp3) is 0.647. The van der Waals surface area contributed by atoms with Crippen LogP contribution in [0.4, 0.5) is 4.79 Å². The van der Waals surface area contributed by atoms with Crippen molar-refractivity contribution in [3.8, 4) is 0 Å². The Kier molecular flexibility index (Phi) is 12.9. The molecule has 12 nitrogen and oxygen atoms in total. The van der Waals surface area contributed by atoms with Crippen LogP contribution in [0.25, 0.3) is 0 Å². The van der Waals surface area contributed by atoms with Gasteiger partial charge in [-0.25, -0.2) is 9.59 Å². The van der Waals surface area contributed by atoms with Gasteiger partial charge in [0.25, 0.3) is 0 Å². The minimum absolute atomic E-state index is 0.0735. The number of Topliss-reactive ketones (excluding diaryl/α,β-unsaturated/α-hetero) is 1. The maximum atomic E-state index is 13.9. The van der Waals surface area contributed by atoms with Gasteiger partial charge in [0.2, 0.25) is 0 Å². The monoisotopic (exact) mass is 646 g/mol. The number of carbonyl (C=O) groups excluding carboxylic acids is 3. The third kappa shape index (κ3) is 8.72. The molecular weight excluding hydrogens is 596 g/mol. The summed E-state index contributed by atoms with van der Waals surface area (Å²) in [6.45, 7) is 12.2. The number of rotatable bonds is 7. The van der Waals surface area contributed by atoms with E-state index in [1.54, 1.807) is 44.2 Å². The van der Waals surface area contributed by atoms with Gasteiger partial charge in [0.05, 0.1) is 35.5 Å². The molecule has 0 spiro atoms. The number of benzene rings is 1. The first kappa shape index (κ1) is 37.1. The van der Waals surface area contributed by atoms with Gasteiger partial charge in [-0.1, -0.05) is 38.1 Å². The predicted octanol–water partition coefficient (Wildman–Crippen LogP) is 4.03. The molecule has 3 rings (SSSR count). The van der Waals surface area contributed by atoms with Crippen molar-refractivity contribution in [2.45, 2.75) is 89.7 Å². The maximum Gasteiger partial charge on any atom is 0.407 e. The van der Waals surface area contributed by atoms with E-state index in [4.69, 9.17) is 23.7 Å². The van der Waals surface area contributed by atoms with Crippen LogP contribution in [0.3, 0.4) is 0 Å². The number of hydrogen-bond acceptors (Lipinski definition) is 10. The Balaban J connectivity index is 2.07. The summed E-state index contributed by atoms with van der Waals surface area (Å²) >= 11 is 0. The molecule has 1 unspecified atom stereocenters. The van der Waals surface area contributed by atoms with Crippen LogP contribution in [0, 0.1) is 17.8 Å². The van der Waals surface area contributed by atoms with E-state index in [9.17, 15) is 24.3 Å². The van der Waals surface area contributed by atoms with E-state index < -0.39 is 65.8 Å². The molecule has 1 aromatic carbocycles. The summed E-state index contributed by atoms with van der Waals surface area (Å²) in [5, 5.41) is 10.0. The fourth-order valence-electron chi connectivity index (χ4n) is 6.47. The van der Waals surface area contributed by atoms with Gasteiger partial charge in [-0.2, -0.15) is 0 Å². The van der Waals surface area contributed by atoms with Crippen molar-refractivity contribution in [1.82, 2.24) is 9.80 Å². The maximum absolute atomic E-state index is 13.9. The largest absolute Gasteiger partial charge is 0.465 e. The van der Waals surface area contributed by atoms with E-state index >= 15 is 0 Å². The van der Waals surface area contributed by atoms with E-state index in [0.717, 1.165) is 4.90 Å². The SMILES string of the molecule is C=C[C@@H]1COC(=O)C(C)C(=O)[C@H](C)[C@@H](O[C@@H]2O[C@H](C)C[C@H](N(C)C)[C@H]2OC(=O)c2ccccc2)[C@](C)(OC)C[C@@H](C)CN1C(=O)O. The molecule has 2 heterocycles. The Hall–Kier alpha value is -3.32. The van der Waals surface area contributed by atoms with Crippen LogP contribution >= 0.6 is 0 Å². The zero-order valence-electron chi connectivity index (χ0n) is 28.2. The van der Waals surface area contributed by atoms with Crippen LogP contribution in [0.15, 0.2) is 43.0 Å². The highest BCUT2D eigenvalue weighted by Gasteiger charge is 2.50. The molecular formula is C34H50N2O10. The number of nitrogens with zero attached hydrogens (tertiary/aromatic N) is 2. The molecule has 12 heteroatoms. The molecule has 46 heavy (non-hydrogen) atoms. The number of ether oxygens (including phenoxy) is 5. The Labute approximate surface area is 271 Å². The van der Waals surface area contributed by atoms with E-state index in [2.05, 4.69) is 6.58 Å². The zero-order chi connectivity index (χ0) is 34.3. The second-order valence-corrected chi connectivity index (χ2v) is 13.0. The van der Waals surface area contributed by atoms with Gasteiger partial charge in [0, 0.05) is 19.6 Å². The van der Waals surface area contributed by atoms with E-state index in [0.29, 0.717) is 12.0 Å². The Bertz CT molecular complexity index is 1230. The molecule has 1 aromatic rings. The van der Waals surface area contributed by atoms with Crippen molar-refractivity contribution in [3.05, 3.63) is 48.6 Å². The van der Waals surface area contributed by atoms with Gasteiger partial charge in [-0.15, -0.1) is 6.58 Å². The van der Waals surface area contributed by atoms with Gasteiger partial charge in [-0.05, 0) is 65.8 Å². The number of carboxylic acid groups (broad SMARTS) is 1. The topological polar surface area (TPSA) is 141 Å². The van der Waals surface area contributed by atoms with Crippen LogP contribution in [0.1, 0.15) is 57.8 Å². The standard InChI is InChI=1S/C34H50N2O10/c1-10-25-19-43-30(38)23(5)27(37)22(4)29(34(6,42-9)17-20(2)18-36(25)33(40)41)46-32-28(26(35(7)8)16-21(3)44-32)45-31(39)24-14-12-11-13-15-24/h10-15,20-23,25-26,28-29,32H,1,16-19H2,2-9H3,(H,40,41)/t20-,21-,22+,23?,25-,26+,28-,29-,32+,34-/m1/s1. The minimum atomic E-state index is -1.20. The number of ketones is 1. The summed E-state index contributed by atoms with van der Waals surface area (Å²) in [5.41, 5.74) is -0.808. The van der Waals surface area contributed by atoms with Crippen LogP contribution in [-0.4, -0.2) is 115 Å². The number of hydrogen-bond donors (Lipinski definition) is 1. The Morgan fingerprint density at radius 2 is 1.78 bits per heavy atom. The van der Waals surface area contributed by atoms with Crippen LogP contribution in [-0.2, 0) is 33.3 Å². The lowest BCUT2D eigenvalue weighted by atomic mass is 9.78. The fourth-order valence-corrected chi connectivity index (χ4v) is 6.47. The third-order valence-electron chi connectivity index (χ3n) is 9.11. The van der Waals surface area contributed by atoms with Crippen molar-refractivity contribution in [2.24, 2.45) is 17.8 Å². The van der Waals surface area contributed by atoms with E-state index in [-0.39, 0.29) is 37.6 Å². The lowest BCUT2D eigenvalue weighted by Gasteiger charge is -2.47. The van der Waals surface area contributed by atoms with Crippen molar-refractivity contribution in [3.63, 3.8) is 0 Å². The van der Waals surface area contributed by atoms with Crippen LogP contribution in [0.2, 0.25) is 0 Å². The van der Waals surface area contributed by atoms with Gasteiger partial charge in [0.1, 0.15) is 12.5 Å². The van der Waals surface area contributed by atoms with Gasteiger partial charge >= 0.3 is 18.0 Å². The number of carbonyl (C=O) groups is 4. The molecule has 0 radical (unpaired) electrons. The van der Waals surface area contributed by atoms with Crippen LogP contribution < -0.4 is 0 Å². The van der Waals surface area contributed by atoms with E-state index in [1.165, 1.54) is 20.1 Å². The summed E-state index contributed by atoms with van der Waals surface area (Å²) in [6.07, 6.45) is -2.25. The molecule has 2 saturated heterocycles. The highest BCUT2D eigenvalue weighted by atomic mass is 16.7. The van der Waals surface area contributed by atoms with Gasteiger partial charge in [-0.3, -0.25) is 14.5 Å². The zero-order valence-corrected chi connectivity index (χ0v) is 28.2. The molecule has 10 atom stereocenters. The Morgan fingerprint density at radius 1 is 1.13 bits per heavy atom. The summed E-state index contributed by atoms with van der Waals surface area (Å²) in [5.74, 6) is -4.16. The number of likely N-dealkylation sites (N-methyl/N-ethyl adjacent to an activating group) is 1. The van der Waals surface area contributed by atoms with E-state index in [1.807, 2.05) is 32.8 Å². The third-order valence-corrected chi connectivity index (χ3v) is 9.11. The molecule has 0 saturated carbocycles. The number of esters is 2. The second-order valence-electron chi connectivity index (χ2n) is 13.0. The van der Waals surface area contributed by atoms with Crippen molar-refractivity contribution in [2.75, 3.05) is 34.4 Å². The predicted molar refractivity (Wildman–Crippen MR) is 169 cm³/mol. The van der Waals surface area contributed by atoms with Crippen LogP contribution in [0.5, 0.6) is 0 Å². The molecule has 2 aliphatic heterocycles. The molecule has 1 N–H and O–H groups in total. The molecule has 0 aliphatic carbocycles. The van der Waals surface area contributed by atoms with Crippen molar-refractivity contribution >= 4 is 23.8 Å². The molecule has 0 bridgehead atoms. The quantitative estimate of drug-likeness (QED) is 0.261. The van der Waals surface area contributed by atoms with Gasteiger partial charge in [0.15, 0.2) is 18.2 Å². The Morgan fingerprint density at radius 3 is 2.35 bits per heavy atom. The molecule has 2 fully saturated rings. The first-order valence-corrected chi connectivity index (χ1v) is 15.7.